The van der Waals surface area contributed by atoms with Gasteiger partial charge in [0.2, 0.25) is 0 Å². The molecule has 0 atom stereocenters. The normalized spacial score (nSPS) is 15.2. The van der Waals surface area contributed by atoms with Crippen LogP contribution in [0.15, 0.2) is 41.6 Å². The zero-order valence-corrected chi connectivity index (χ0v) is 14.6. The van der Waals surface area contributed by atoms with E-state index in [2.05, 4.69) is 4.98 Å². The molecule has 132 valence electrons. The van der Waals surface area contributed by atoms with Crippen LogP contribution in [0.3, 0.4) is 0 Å². The Labute approximate surface area is 147 Å². The van der Waals surface area contributed by atoms with Crippen molar-refractivity contribution in [1.82, 2.24) is 14.5 Å². The van der Waals surface area contributed by atoms with Crippen LogP contribution in [0.5, 0.6) is 5.75 Å². The molecule has 6 nitrogen and oxygen atoms in total. The van der Waals surface area contributed by atoms with Gasteiger partial charge >= 0.3 is 0 Å². The van der Waals surface area contributed by atoms with Gasteiger partial charge < -0.3 is 14.2 Å². The number of pyridine rings is 2. The van der Waals surface area contributed by atoms with Crippen LogP contribution in [0.1, 0.15) is 28.8 Å². The molecular formula is C19H23N3O3. The molecule has 2 aromatic rings. The smallest absolute Gasteiger partial charge is 0.263 e. The van der Waals surface area contributed by atoms with E-state index in [1.54, 1.807) is 42.7 Å². The fourth-order valence-corrected chi connectivity index (χ4v) is 3.06. The van der Waals surface area contributed by atoms with Crippen molar-refractivity contribution in [3.63, 3.8) is 0 Å². The summed E-state index contributed by atoms with van der Waals surface area (Å²) in [5.41, 5.74) is 1.02. The number of rotatable bonds is 4. The zero-order valence-electron chi connectivity index (χ0n) is 14.6. The lowest BCUT2D eigenvalue weighted by molar-refractivity contribution is 0.0658. The standard InChI is InChI=1S/C19H23N3O3/c1-14-12-20-8-5-17(14)25-13-15-6-10-22(11-7-15)19(24)16-4-3-9-21(2)18(16)23/h3-5,8-9,12,15H,6-7,10-11,13H2,1-2H3. The van der Waals surface area contributed by atoms with Crippen molar-refractivity contribution in [1.29, 1.82) is 0 Å². The second kappa shape index (κ2) is 7.51. The summed E-state index contributed by atoms with van der Waals surface area (Å²) in [5, 5.41) is 0. The van der Waals surface area contributed by atoms with Crippen molar-refractivity contribution in [2.75, 3.05) is 19.7 Å². The largest absolute Gasteiger partial charge is 0.493 e. The average Bonchev–Trinajstić information content (AvgIpc) is 2.63. The van der Waals surface area contributed by atoms with Gasteiger partial charge in [-0.05, 0) is 43.9 Å². The molecular weight excluding hydrogens is 318 g/mol. The molecule has 0 bridgehead atoms. The first-order valence-corrected chi connectivity index (χ1v) is 8.54. The van der Waals surface area contributed by atoms with Crippen molar-refractivity contribution in [2.45, 2.75) is 19.8 Å². The molecule has 0 aromatic carbocycles. The van der Waals surface area contributed by atoms with Crippen LogP contribution < -0.4 is 10.3 Å². The third-order valence-corrected chi connectivity index (χ3v) is 4.70. The van der Waals surface area contributed by atoms with E-state index in [4.69, 9.17) is 4.74 Å². The molecule has 6 heteroatoms. The summed E-state index contributed by atoms with van der Waals surface area (Å²) in [7, 11) is 1.66. The van der Waals surface area contributed by atoms with E-state index in [1.807, 2.05) is 13.0 Å². The fourth-order valence-electron chi connectivity index (χ4n) is 3.06. The fraction of sp³-hybridized carbons (Fsp3) is 0.421. The van der Waals surface area contributed by atoms with Crippen molar-refractivity contribution < 1.29 is 9.53 Å². The number of amides is 1. The first-order chi connectivity index (χ1) is 12.1. The first-order valence-electron chi connectivity index (χ1n) is 8.54. The predicted molar refractivity (Wildman–Crippen MR) is 94.8 cm³/mol. The van der Waals surface area contributed by atoms with E-state index < -0.39 is 0 Å². The lowest BCUT2D eigenvalue weighted by atomic mass is 9.97. The summed E-state index contributed by atoms with van der Waals surface area (Å²) in [4.78, 5) is 30.5. The highest BCUT2D eigenvalue weighted by molar-refractivity contribution is 5.93. The van der Waals surface area contributed by atoms with Gasteiger partial charge in [-0.3, -0.25) is 14.6 Å². The number of carbonyl (C=O) groups excluding carboxylic acids is 1. The summed E-state index contributed by atoms with van der Waals surface area (Å²) in [6.45, 7) is 3.92. The number of hydrogen-bond acceptors (Lipinski definition) is 4. The lowest BCUT2D eigenvalue weighted by Crippen LogP contribution is -2.42. The van der Waals surface area contributed by atoms with Crippen LogP contribution in [0.2, 0.25) is 0 Å². The molecule has 1 saturated heterocycles. The van der Waals surface area contributed by atoms with Crippen molar-refractivity contribution in [3.05, 3.63) is 58.3 Å². The van der Waals surface area contributed by atoms with Gasteiger partial charge in [-0.15, -0.1) is 0 Å². The maximum absolute atomic E-state index is 12.6. The van der Waals surface area contributed by atoms with Gasteiger partial charge in [-0.2, -0.15) is 0 Å². The van der Waals surface area contributed by atoms with Crippen LogP contribution >= 0.6 is 0 Å². The number of nitrogens with zero attached hydrogens (tertiary/aromatic N) is 3. The Hall–Kier alpha value is -2.63. The molecule has 1 aliphatic rings. The summed E-state index contributed by atoms with van der Waals surface area (Å²) >= 11 is 0. The van der Waals surface area contributed by atoms with Gasteiger partial charge in [0.05, 0.1) is 6.61 Å². The second-order valence-electron chi connectivity index (χ2n) is 6.53. The number of aryl methyl sites for hydroxylation is 2. The zero-order chi connectivity index (χ0) is 17.8. The molecule has 0 N–H and O–H groups in total. The van der Waals surface area contributed by atoms with E-state index in [0.717, 1.165) is 24.2 Å². The molecule has 0 saturated carbocycles. The van der Waals surface area contributed by atoms with Gasteiger partial charge in [-0.1, -0.05) is 0 Å². The third kappa shape index (κ3) is 3.90. The monoisotopic (exact) mass is 341 g/mol. The molecule has 0 unspecified atom stereocenters. The van der Waals surface area contributed by atoms with E-state index >= 15 is 0 Å². The Morgan fingerprint density at radius 1 is 1.32 bits per heavy atom. The molecule has 25 heavy (non-hydrogen) atoms. The minimum absolute atomic E-state index is 0.175. The third-order valence-electron chi connectivity index (χ3n) is 4.70. The Morgan fingerprint density at radius 3 is 2.80 bits per heavy atom. The lowest BCUT2D eigenvalue weighted by Gasteiger charge is -2.32. The highest BCUT2D eigenvalue weighted by Crippen LogP contribution is 2.21. The van der Waals surface area contributed by atoms with E-state index in [-0.39, 0.29) is 17.0 Å². The van der Waals surface area contributed by atoms with Crippen LogP contribution in [0, 0.1) is 12.8 Å². The SMILES string of the molecule is Cc1cnccc1OCC1CCN(C(=O)c2cccn(C)c2=O)CC1. The highest BCUT2D eigenvalue weighted by atomic mass is 16.5. The number of ether oxygens (including phenoxy) is 1. The van der Waals surface area contributed by atoms with Crippen LogP contribution in [0.25, 0.3) is 0 Å². The number of aromatic nitrogens is 2. The maximum Gasteiger partial charge on any atom is 0.263 e. The van der Waals surface area contributed by atoms with Gasteiger partial charge in [-0.25, -0.2) is 0 Å². The summed E-state index contributed by atoms with van der Waals surface area (Å²) in [5.74, 6) is 1.10. The molecule has 1 amide bonds. The van der Waals surface area contributed by atoms with E-state index in [0.29, 0.717) is 25.6 Å². The predicted octanol–water partition coefficient (Wildman–Crippen LogP) is 2.02. The highest BCUT2D eigenvalue weighted by Gasteiger charge is 2.25. The van der Waals surface area contributed by atoms with Crippen molar-refractivity contribution >= 4 is 5.91 Å². The average molecular weight is 341 g/mol. The van der Waals surface area contributed by atoms with Gasteiger partial charge in [0, 0.05) is 44.3 Å². The summed E-state index contributed by atoms with van der Waals surface area (Å²) in [6.07, 6.45) is 6.93. The van der Waals surface area contributed by atoms with Crippen molar-refractivity contribution in [2.24, 2.45) is 13.0 Å². The minimum atomic E-state index is -0.244. The number of piperidine rings is 1. The van der Waals surface area contributed by atoms with Gasteiger partial charge in [0.25, 0.3) is 11.5 Å². The molecule has 0 aliphatic carbocycles. The van der Waals surface area contributed by atoms with Crippen LogP contribution in [-0.4, -0.2) is 40.1 Å². The minimum Gasteiger partial charge on any atom is -0.493 e. The molecule has 0 radical (unpaired) electrons. The van der Waals surface area contributed by atoms with Gasteiger partial charge in [0.15, 0.2) is 0 Å². The second-order valence-corrected chi connectivity index (χ2v) is 6.53. The Bertz CT molecular complexity index is 808. The summed E-state index contributed by atoms with van der Waals surface area (Å²) in [6, 6.07) is 5.21. The van der Waals surface area contributed by atoms with E-state index in [9.17, 15) is 9.59 Å². The molecule has 0 spiro atoms. The molecule has 3 rings (SSSR count). The number of likely N-dealkylation sites (tertiary alicyclic amines) is 1. The molecule has 1 fully saturated rings. The Balaban J connectivity index is 1.55. The first kappa shape index (κ1) is 17.2. The Morgan fingerprint density at radius 2 is 2.08 bits per heavy atom. The van der Waals surface area contributed by atoms with Crippen LogP contribution in [-0.2, 0) is 7.05 Å². The molecule has 1 aliphatic heterocycles. The van der Waals surface area contributed by atoms with E-state index in [1.165, 1.54) is 4.57 Å². The maximum atomic E-state index is 12.6. The molecule has 3 heterocycles. The molecule has 2 aromatic heterocycles. The summed E-state index contributed by atoms with van der Waals surface area (Å²) < 4.78 is 7.33. The van der Waals surface area contributed by atoms with Crippen LogP contribution in [0.4, 0.5) is 0 Å². The number of carbonyl (C=O) groups is 1. The quantitative estimate of drug-likeness (QED) is 0.853. The topological polar surface area (TPSA) is 64.4 Å². The Kier molecular flexibility index (Phi) is 5.16. The number of hydrogen-bond donors (Lipinski definition) is 0. The van der Waals surface area contributed by atoms with Crippen molar-refractivity contribution in [3.8, 4) is 5.75 Å². The van der Waals surface area contributed by atoms with Gasteiger partial charge in [0.1, 0.15) is 11.3 Å².